The van der Waals surface area contributed by atoms with E-state index in [1.54, 1.807) is 0 Å². The summed E-state index contributed by atoms with van der Waals surface area (Å²) in [7, 11) is 0. The maximum Gasteiger partial charge on any atom is 0.271 e. The van der Waals surface area contributed by atoms with Gasteiger partial charge >= 0.3 is 0 Å². The molecule has 8 heteroatoms. The third-order valence-corrected chi connectivity index (χ3v) is 5.24. The Morgan fingerprint density at radius 3 is 2.73 bits per heavy atom. The lowest BCUT2D eigenvalue weighted by atomic mass is 10.1. The molecule has 0 saturated heterocycles. The molecule has 0 spiro atoms. The summed E-state index contributed by atoms with van der Waals surface area (Å²) < 4.78 is 6.11. The van der Waals surface area contributed by atoms with Crippen LogP contribution in [-0.4, -0.2) is 21.2 Å². The van der Waals surface area contributed by atoms with Crippen molar-refractivity contribution in [1.82, 2.24) is 4.98 Å². The first-order valence-electron chi connectivity index (χ1n) is 9.01. The number of phenols is 1. The van der Waals surface area contributed by atoms with E-state index in [0.717, 1.165) is 22.2 Å². The maximum atomic E-state index is 11.1. The molecule has 0 aliphatic rings. The van der Waals surface area contributed by atoms with Crippen LogP contribution in [0, 0.1) is 24.0 Å². The number of halogens is 1. The summed E-state index contributed by atoms with van der Waals surface area (Å²) in [5.41, 5.74) is 4.94. The lowest BCUT2D eigenvalue weighted by molar-refractivity contribution is -0.385. The van der Waals surface area contributed by atoms with Gasteiger partial charge < -0.3 is 9.52 Å². The third kappa shape index (κ3) is 3.81. The van der Waals surface area contributed by atoms with Crippen LogP contribution in [0.5, 0.6) is 5.75 Å². The Bertz CT molecular complexity index is 1330. The molecule has 7 nitrogen and oxygen atoms in total. The van der Waals surface area contributed by atoms with E-state index < -0.39 is 4.92 Å². The van der Waals surface area contributed by atoms with Crippen LogP contribution >= 0.6 is 15.9 Å². The normalized spacial score (nSPS) is 11.4. The highest BCUT2D eigenvalue weighted by Gasteiger charge is 2.14. The van der Waals surface area contributed by atoms with Crippen molar-refractivity contribution in [3.05, 3.63) is 79.8 Å². The Labute approximate surface area is 180 Å². The van der Waals surface area contributed by atoms with Gasteiger partial charge in [0.15, 0.2) is 5.58 Å². The summed E-state index contributed by atoms with van der Waals surface area (Å²) >= 11 is 3.13. The van der Waals surface area contributed by atoms with Crippen molar-refractivity contribution in [2.75, 3.05) is 0 Å². The molecule has 0 unspecified atom stereocenters. The van der Waals surface area contributed by atoms with Crippen molar-refractivity contribution in [3.63, 3.8) is 0 Å². The molecule has 1 heterocycles. The average Bonchev–Trinajstić information content (AvgIpc) is 3.13. The first-order valence-corrected chi connectivity index (χ1v) is 9.80. The molecule has 1 aromatic heterocycles. The van der Waals surface area contributed by atoms with Crippen molar-refractivity contribution < 1.29 is 14.4 Å². The summed E-state index contributed by atoms with van der Waals surface area (Å²) in [5.74, 6) is 0.362. The van der Waals surface area contributed by atoms with E-state index in [1.807, 2.05) is 50.2 Å². The zero-order valence-electron chi connectivity index (χ0n) is 16.1. The van der Waals surface area contributed by atoms with Gasteiger partial charge in [0.2, 0.25) is 5.89 Å². The number of fused-ring (bicyclic) bond motifs is 1. The van der Waals surface area contributed by atoms with Gasteiger partial charge in [-0.25, -0.2) is 4.98 Å². The fourth-order valence-electron chi connectivity index (χ4n) is 2.99. The number of rotatable bonds is 4. The Balaban J connectivity index is 1.73. The van der Waals surface area contributed by atoms with E-state index in [0.29, 0.717) is 17.2 Å². The molecule has 150 valence electrons. The smallest absolute Gasteiger partial charge is 0.271 e. The molecule has 4 aromatic rings. The van der Waals surface area contributed by atoms with Gasteiger partial charge in [0.1, 0.15) is 11.3 Å². The molecule has 0 aliphatic heterocycles. The molecular weight excluding hydrogens is 450 g/mol. The van der Waals surface area contributed by atoms with E-state index in [4.69, 9.17) is 4.42 Å². The number of oxazole rings is 1. The molecule has 0 aliphatic carbocycles. The largest absolute Gasteiger partial charge is 0.506 e. The summed E-state index contributed by atoms with van der Waals surface area (Å²) in [5, 5.41) is 21.3. The Kier molecular flexibility index (Phi) is 5.09. The molecule has 0 radical (unpaired) electrons. The van der Waals surface area contributed by atoms with Gasteiger partial charge in [-0.2, -0.15) is 0 Å². The number of hydrogen-bond donors (Lipinski definition) is 1. The Morgan fingerprint density at radius 1 is 1.17 bits per heavy atom. The highest BCUT2D eigenvalue weighted by atomic mass is 79.9. The number of aryl methyl sites for hydroxylation is 2. The summed E-state index contributed by atoms with van der Waals surface area (Å²) in [6.07, 6.45) is 1.40. The topological polar surface area (TPSA) is 102 Å². The number of nitrogens with zero attached hydrogens (tertiary/aromatic N) is 3. The predicted octanol–water partition coefficient (Wildman–Crippen LogP) is 6.24. The van der Waals surface area contributed by atoms with E-state index in [-0.39, 0.29) is 21.5 Å². The molecule has 0 amide bonds. The Morgan fingerprint density at radius 2 is 1.97 bits per heavy atom. The molecule has 0 saturated carbocycles. The summed E-state index contributed by atoms with van der Waals surface area (Å²) in [4.78, 5) is 19.5. The van der Waals surface area contributed by atoms with Gasteiger partial charge in [-0.3, -0.25) is 15.1 Å². The first-order chi connectivity index (χ1) is 14.3. The van der Waals surface area contributed by atoms with Crippen LogP contribution in [-0.2, 0) is 0 Å². The summed E-state index contributed by atoms with van der Waals surface area (Å²) in [6.45, 7) is 3.89. The molecule has 0 atom stereocenters. The van der Waals surface area contributed by atoms with Crippen molar-refractivity contribution in [2.45, 2.75) is 13.8 Å². The number of hydrogen-bond acceptors (Lipinski definition) is 6. The number of non-ortho nitro benzene ring substituents is 1. The fourth-order valence-corrected chi connectivity index (χ4v) is 3.45. The van der Waals surface area contributed by atoms with Crippen LogP contribution in [0.3, 0.4) is 0 Å². The number of nitro benzene ring substituents is 1. The second-order valence-corrected chi connectivity index (χ2v) is 7.73. The second kappa shape index (κ2) is 7.72. The molecule has 3 aromatic carbocycles. The van der Waals surface area contributed by atoms with Crippen LogP contribution < -0.4 is 0 Å². The molecule has 1 N–H and O–H groups in total. The van der Waals surface area contributed by atoms with E-state index in [9.17, 15) is 15.2 Å². The number of phenolic OH excluding ortho intramolecular Hbond substituents is 1. The van der Waals surface area contributed by atoms with Gasteiger partial charge in [-0.1, -0.05) is 12.1 Å². The number of aromatic nitrogens is 1. The molecule has 30 heavy (non-hydrogen) atoms. The number of benzene rings is 3. The van der Waals surface area contributed by atoms with Gasteiger partial charge in [0.25, 0.3) is 5.69 Å². The van der Waals surface area contributed by atoms with Crippen molar-refractivity contribution >= 4 is 44.6 Å². The zero-order chi connectivity index (χ0) is 21.4. The minimum absolute atomic E-state index is 0.118. The van der Waals surface area contributed by atoms with Crippen molar-refractivity contribution in [2.24, 2.45) is 4.99 Å². The predicted molar refractivity (Wildman–Crippen MR) is 119 cm³/mol. The fraction of sp³-hybridized carbons (Fsp3) is 0.0909. The number of aromatic hydroxyl groups is 1. The maximum absolute atomic E-state index is 11.1. The highest BCUT2D eigenvalue weighted by Crippen LogP contribution is 2.33. The van der Waals surface area contributed by atoms with Crippen LogP contribution in [0.25, 0.3) is 22.6 Å². The van der Waals surface area contributed by atoms with E-state index in [2.05, 4.69) is 25.9 Å². The Hall–Kier alpha value is -3.52. The number of nitro groups is 1. The van der Waals surface area contributed by atoms with E-state index >= 15 is 0 Å². The van der Waals surface area contributed by atoms with Crippen LogP contribution in [0.15, 0.2) is 62.4 Å². The second-order valence-electron chi connectivity index (χ2n) is 6.87. The van der Waals surface area contributed by atoms with Gasteiger partial charge in [-0.15, -0.1) is 0 Å². The zero-order valence-corrected chi connectivity index (χ0v) is 17.7. The summed E-state index contributed by atoms with van der Waals surface area (Å²) in [6, 6.07) is 13.9. The van der Waals surface area contributed by atoms with Crippen molar-refractivity contribution in [3.8, 4) is 17.2 Å². The van der Waals surface area contributed by atoms with Crippen LogP contribution in [0.2, 0.25) is 0 Å². The first kappa shape index (κ1) is 19.8. The lowest BCUT2D eigenvalue weighted by Crippen LogP contribution is -1.92. The molecular formula is C22H16BrN3O4. The third-order valence-electron chi connectivity index (χ3n) is 4.63. The van der Waals surface area contributed by atoms with Gasteiger partial charge in [0.05, 0.1) is 15.1 Å². The van der Waals surface area contributed by atoms with Crippen LogP contribution in [0.1, 0.15) is 16.7 Å². The van der Waals surface area contributed by atoms with Gasteiger partial charge in [-0.05, 0) is 65.2 Å². The van der Waals surface area contributed by atoms with E-state index in [1.165, 1.54) is 18.3 Å². The van der Waals surface area contributed by atoms with Crippen molar-refractivity contribution in [1.29, 1.82) is 0 Å². The average molecular weight is 466 g/mol. The molecule has 0 bridgehead atoms. The number of aliphatic imine (C=N–C) groups is 1. The monoisotopic (exact) mass is 465 g/mol. The van der Waals surface area contributed by atoms with Crippen LogP contribution in [0.4, 0.5) is 11.4 Å². The SMILES string of the molecule is Cc1ccc2nc(-c3ccc(C)c(N=Cc4cc([N+](=O)[O-])cc(Br)c4O)c3)oc2c1. The molecule has 4 rings (SSSR count). The highest BCUT2D eigenvalue weighted by molar-refractivity contribution is 9.10. The molecule has 0 fully saturated rings. The minimum Gasteiger partial charge on any atom is -0.506 e. The lowest BCUT2D eigenvalue weighted by Gasteiger charge is -2.04. The minimum atomic E-state index is -0.525. The van der Waals surface area contributed by atoms with Gasteiger partial charge in [0, 0.05) is 29.5 Å². The standard InChI is InChI=1S/C22H16BrN3O4/c1-12-3-6-18-20(7-12)30-22(25-18)14-5-4-13(2)19(9-14)24-11-15-8-16(26(28)29)10-17(23)21(15)27/h3-11,27H,1-2H3. The quantitative estimate of drug-likeness (QED) is 0.218.